The van der Waals surface area contributed by atoms with Crippen LogP contribution in [-0.4, -0.2) is 17.6 Å². The van der Waals surface area contributed by atoms with Gasteiger partial charge in [-0.15, -0.1) is 0 Å². The van der Waals surface area contributed by atoms with Crippen LogP contribution in [-0.2, 0) is 26.5 Å². The minimum Gasteiger partial charge on any atom is -0.427 e. The van der Waals surface area contributed by atoms with Crippen LogP contribution in [0.5, 0.6) is 0 Å². The summed E-state index contributed by atoms with van der Waals surface area (Å²) in [5.74, 6) is -2.17. The van der Waals surface area contributed by atoms with Gasteiger partial charge in [0, 0.05) is 18.7 Å². The summed E-state index contributed by atoms with van der Waals surface area (Å²) in [6.07, 6.45) is 0.908. The topological polar surface area (TPSA) is 75.1 Å². The highest BCUT2D eigenvalue weighted by atomic mass is 19.1. The maximum Gasteiger partial charge on any atom is 0.305 e. The molecule has 1 aliphatic heterocycles. The molecule has 1 aromatic carbocycles. The Balaban J connectivity index is 2.37. The molecular formula is C17H17FN2O3. The Labute approximate surface area is 133 Å². The molecule has 1 atom stereocenters. The lowest BCUT2D eigenvalue weighted by Crippen LogP contribution is -2.39. The number of carbonyl (C=O) groups excluding carboxylic acids is 1. The van der Waals surface area contributed by atoms with Crippen LogP contribution >= 0.6 is 0 Å². The number of fused-ring (bicyclic) bond motifs is 3. The van der Waals surface area contributed by atoms with Crippen molar-refractivity contribution in [2.45, 2.75) is 39.4 Å². The molecule has 0 fully saturated rings. The van der Waals surface area contributed by atoms with Crippen molar-refractivity contribution < 1.29 is 18.7 Å². The molecule has 0 aliphatic carbocycles. The Morgan fingerprint density at radius 3 is 2.96 bits per heavy atom. The standard InChI is InChI=1S/C17H17FN2O3/c1-4-17(23-10(3)21)16-11(5-6-22-17)14-12(8-19)9(2)7-13(18)15(14)20-16/h7,20H,4-6H2,1-3H3. The first-order valence-corrected chi connectivity index (χ1v) is 7.51. The van der Waals surface area contributed by atoms with Gasteiger partial charge in [0.1, 0.15) is 11.9 Å². The van der Waals surface area contributed by atoms with Crippen molar-refractivity contribution in [3.05, 3.63) is 34.3 Å². The third kappa shape index (κ3) is 2.20. The third-order valence-electron chi connectivity index (χ3n) is 4.28. The van der Waals surface area contributed by atoms with E-state index in [1.807, 2.05) is 6.92 Å². The lowest BCUT2D eigenvalue weighted by Gasteiger charge is -2.35. The summed E-state index contributed by atoms with van der Waals surface area (Å²) in [6, 6.07) is 3.49. The van der Waals surface area contributed by atoms with E-state index in [-0.39, 0.29) is 5.52 Å². The molecule has 0 saturated carbocycles. The number of benzene rings is 1. The number of esters is 1. The predicted octanol–water partition coefficient (Wildman–Crippen LogP) is 3.19. The molecule has 5 nitrogen and oxygen atoms in total. The average Bonchev–Trinajstić information content (AvgIpc) is 2.89. The molecule has 2 heterocycles. The molecule has 3 rings (SSSR count). The van der Waals surface area contributed by atoms with Gasteiger partial charge in [0.05, 0.1) is 23.4 Å². The molecule has 2 aromatic rings. The minimum absolute atomic E-state index is 0.257. The second kappa shape index (κ2) is 5.36. The largest absolute Gasteiger partial charge is 0.427 e. The van der Waals surface area contributed by atoms with Gasteiger partial charge < -0.3 is 14.5 Å². The second-order valence-electron chi connectivity index (χ2n) is 5.69. The zero-order valence-electron chi connectivity index (χ0n) is 13.2. The number of aromatic amines is 1. The number of hydrogen-bond acceptors (Lipinski definition) is 4. The van der Waals surface area contributed by atoms with Crippen molar-refractivity contribution in [1.82, 2.24) is 4.98 Å². The Morgan fingerprint density at radius 1 is 1.61 bits per heavy atom. The van der Waals surface area contributed by atoms with Crippen LogP contribution in [0.2, 0.25) is 0 Å². The normalized spacial score (nSPS) is 20.1. The third-order valence-corrected chi connectivity index (χ3v) is 4.28. The fourth-order valence-corrected chi connectivity index (χ4v) is 3.30. The van der Waals surface area contributed by atoms with E-state index in [1.165, 1.54) is 13.0 Å². The first-order chi connectivity index (χ1) is 10.9. The van der Waals surface area contributed by atoms with Gasteiger partial charge in [0.15, 0.2) is 0 Å². The maximum atomic E-state index is 14.4. The summed E-state index contributed by atoms with van der Waals surface area (Å²) < 4.78 is 25.6. The molecule has 1 aromatic heterocycles. The number of nitrogens with zero attached hydrogens (tertiary/aromatic N) is 1. The number of nitriles is 1. The quantitative estimate of drug-likeness (QED) is 0.863. The lowest BCUT2D eigenvalue weighted by molar-refractivity contribution is -0.245. The Kier molecular flexibility index (Phi) is 3.61. The molecule has 0 radical (unpaired) electrons. The van der Waals surface area contributed by atoms with Crippen molar-refractivity contribution in [3.63, 3.8) is 0 Å². The van der Waals surface area contributed by atoms with Crippen LogP contribution in [0.1, 0.15) is 42.7 Å². The number of halogens is 1. The minimum atomic E-state index is -1.26. The van der Waals surface area contributed by atoms with Crippen molar-refractivity contribution in [2.24, 2.45) is 0 Å². The van der Waals surface area contributed by atoms with E-state index in [0.717, 1.165) is 5.56 Å². The van der Waals surface area contributed by atoms with Crippen LogP contribution in [0.3, 0.4) is 0 Å². The van der Waals surface area contributed by atoms with Crippen molar-refractivity contribution in [2.75, 3.05) is 6.61 Å². The number of rotatable bonds is 2. The summed E-state index contributed by atoms with van der Waals surface area (Å²) in [7, 11) is 0. The SMILES string of the molecule is CCC1(OC(C)=O)OCCc2c1[nH]c1c(F)cc(C)c(C#N)c21. The Hall–Kier alpha value is -2.39. The van der Waals surface area contributed by atoms with Gasteiger partial charge >= 0.3 is 5.97 Å². The molecule has 1 aliphatic rings. The maximum absolute atomic E-state index is 14.4. The number of ether oxygens (including phenoxy) is 2. The monoisotopic (exact) mass is 316 g/mol. The molecule has 0 spiro atoms. The Bertz CT molecular complexity index is 850. The predicted molar refractivity (Wildman–Crippen MR) is 81.1 cm³/mol. The zero-order valence-corrected chi connectivity index (χ0v) is 13.2. The first-order valence-electron chi connectivity index (χ1n) is 7.51. The molecular weight excluding hydrogens is 299 g/mol. The van der Waals surface area contributed by atoms with Crippen LogP contribution < -0.4 is 0 Å². The van der Waals surface area contributed by atoms with E-state index >= 15 is 0 Å². The Morgan fingerprint density at radius 2 is 2.35 bits per heavy atom. The summed E-state index contributed by atoms with van der Waals surface area (Å²) >= 11 is 0. The smallest absolute Gasteiger partial charge is 0.305 e. The van der Waals surface area contributed by atoms with Crippen LogP contribution in [0.15, 0.2) is 6.07 Å². The highest BCUT2D eigenvalue weighted by Gasteiger charge is 2.43. The first kappa shape index (κ1) is 15.5. The number of carbonyl (C=O) groups is 1. The van der Waals surface area contributed by atoms with Crippen LogP contribution in [0.25, 0.3) is 10.9 Å². The van der Waals surface area contributed by atoms with Gasteiger partial charge in [0.2, 0.25) is 0 Å². The van der Waals surface area contributed by atoms with E-state index in [4.69, 9.17) is 9.47 Å². The van der Waals surface area contributed by atoms with Gasteiger partial charge in [0.25, 0.3) is 5.79 Å². The highest BCUT2D eigenvalue weighted by Crippen LogP contribution is 2.42. The number of aromatic nitrogens is 1. The molecule has 0 bridgehead atoms. The zero-order chi connectivity index (χ0) is 16.8. The highest BCUT2D eigenvalue weighted by molar-refractivity contribution is 5.92. The molecule has 0 saturated heterocycles. The number of aryl methyl sites for hydroxylation is 1. The second-order valence-corrected chi connectivity index (χ2v) is 5.69. The average molecular weight is 316 g/mol. The van der Waals surface area contributed by atoms with Gasteiger partial charge in [-0.1, -0.05) is 6.92 Å². The van der Waals surface area contributed by atoms with E-state index in [2.05, 4.69) is 11.1 Å². The summed E-state index contributed by atoms with van der Waals surface area (Å²) in [5.41, 5.74) is 2.59. The molecule has 23 heavy (non-hydrogen) atoms. The number of H-pyrrole nitrogens is 1. The van der Waals surface area contributed by atoms with Crippen LogP contribution in [0, 0.1) is 24.1 Å². The van der Waals surface area contributed by atoms with Gasteiger partial charge in [-0.2, -0.15) is 5.26 Å². The molecule has 120 valence electrons. The van der Waals surface area contributed by atoms with Crippen molar-refractivity contribution >= 4 is 16.9 Å². The summed E-state index contributed by atoms with van der Waals surface area (Å²) in [5, 5.41) is 10.0. The van der Waals surface area contributed by atoms with E-state index in [1.54, 1.807) is 6.92 Å². The summed E-state index contributed by atoms with van der Waals surface area (Å²) in [4.78, 5) is 14.5. The van der Waals surface area contributed by atoms with Gasteiger partial charge in [-0.3, -0.25) is 4.79 Å². The van der Waals surface area contributed by atoms with E-state index in [0.29, 0.717) is 41.7 Å². The number of nitrogens with one attached hydrogen (secondary N) is 1. The summed E-state index contributed by atoms with van der Waals surface area (Å²) in [6.45, 7) is 5.18. The van der Waals surface area contributed by atoms with Gasteiger partial charge in [-0.05, 0) is 30.5 Å². The van der Waals surface area contributed by atoms with Gasteiger partial charge in [-0.25, -0.2) is 4.39 Å². The van der Waals surface area contributed by atoms with E-state index < -0.39 is 17.6 Å². The van der Waals surface area contributed by atoms with Crippen molar-refractivity contribution in [1.29, 1.82) is 5.26 Å². The lowest BCUT2D eigenvalue weighted by atomic mass is 9.94. The fourth-order valence-electron chi connectivity index (χ4n) is 3.30. The molecule has 6 heteroatoms. The fraction of sp³-hybridized carbons (Fsp3) is 0.412. The molecule has 1 unspecified atom stereocenters. The molecule has 1 N–H and O–H groups in total. The van der Waals surface area contributed by atoms with Crippen molar-refractivity contribution in [3.8, 4) is 6.07 Å². The van der Waals surface area contributed by atoms with E-state index in [9.17, 15) is 14.4 Å². The van der Waals surface area contributed by atoms with Crippen LogP contribution in [0.4, 0.5) is 4.39 Å². The molecule has 0 amide bonds. The number of hydrogen-bond donors (Lipinski definition) is 1.